The van der Waals surface area contributed by atoms with Crippen LogP contribution in [0.1, 0.15) is 194 Å². The minimum atomic E-state index is -4.62. The van der Waals surface area contributed by atoms with Gasteiger partial charge >= 0.3 is 0 Å². The van der Waals surface area contributed by atoms with Gasteiger partial charge in [0.1, 0.15) is 13.2 Å². The van der Waals surface area contributed by atoms with Gasteiger partial charge in [0.05, 0.1) is 39.9 Å². The Morgan fingerprint density at radius 1 is 0.474 bits per heavy atom. The molecule has 0 aliphatic heterocycles. The van der Waals surface area contributed by atoms with Gasteiger partial charge in [-0.25, -0.2) is 0 Å². The molecular weight excluding hydrogens is 960 g/mol. The van der Waals surface area contributed by atoms with Crippen LogP contribution in [0.25, 0.3) is 0 Å². The SMILES string of the molecule is CC/C=C\C/C=C\C/C=C\C/C=C\C/C=C\C/C=C\C/C=C\C/C=C\C/C=C\C/C=C\C/C=C\C/C=C\CCCCCCC(=O)NC(COP(=O)([O-])OCC[N+](C)(C)C)C(O)/C=C/CC/C=C/CCCCCCCCC. The Kier molecular flexibility index (Phi) is 52.6. The Morgan fingerprint density at radius 2 is 0.816 bits per heavy atom. The molecular formula is C67H109N2O6P. The molecule has 0 radical (unpaired) electrons. The molecule has 3 atom stereocenters. The maximum Gasteiger partial charge on any atom is 0.268 e. The summed E-state index contributed by atoms with van der Waals surface area (Å²) in [6.07, 6.45) is 88.7. The molecule has 0 rings (SSSR count). The number of hydrogen-bond acceptors (Lipinski definition) is 6. The van der Waals surface area contributed by atoms with Crippen LogP contribution in [0.5, 0.6) is 0 Å². The van der Waals surface area contributed by atoms with Crippen molar-refractivity contribution in [3.05, 3.63) is 170 Å². The summed E-state index contributed by atoms with van der Waals surface area (Å²) in [5, 5.41) is 13.8. The first-order valence-corrected chi connectivity index (χ1v) is 31.0. The summed E-state index contributed by atoms with van der Waals surface area (Å²) in [5.41, 5.74) is 0. The van der Waals surface area contributed by atoms with Gasteiger partial charge in [0, 0.05) is 6.42 Å². The van der Waals surface area contributed by atoms with Crippen LogP contribution in [0.3, 0.4) is 0 Å². The number of unbranched alkanes of at least 4 members (excludes halogenated alkanes) is 12. The maximum absolute atomic E-state index is 12.9. The summed E-state index contributed by atoms with van der Waals surface area (Å²) in [6, 6.07) is -0.929. The van der Waals surface area contributed by atoms with Crippen LogP contribution in [0, 0.1) is 0 Å². The summed E-state index contributed by atoms with van der Waals surface area (Å²) in [7, 11) is 1.20. The Labute approximate surface area is 466 Å². The normalized spacial score (nSPS) is 15.1. The van der Waals surface area contributed by atoms with Crippen LogP contribution in [-0.2, 0) is 18.4 Å². The standard InChI is InChI=1S/C67H109N2O6P/c1-6-8-10-12-14-16-18-20-21-22-23-24-25-26-27-28-29-30-31-32-33-34-35-36-37-38-39-40-41-42-43-44-45-46-47-49-51-53-55-57-59-61-67(71)68-65(64-75-76(72,73)74-63-62-69(3,4)5)66(70)60-58-56-54-52-50-48-19-17-15-13-11-9-7-2/h8,10,14,16,20-21,23-24,26-27,29-30,32-33,35-36,38-39,41-42,44-45,47,49-50,52,58,60,65-66,70H,6-7,9,11-13,15,17-19,22,25,28,31,34,37,40,43,46,48,51,53-57,59,61-64H2,1-5H3,(H-,68,71,72,73)/b10-8-,16-14-,21-20-,24-23-,27-26-,30-29-,33-32-,36-35-,39-38-,42-41-,45-44-,49-47-,52-50+,60-58+. The number of aliphatic hydroxyl groups excluding tert-OH is 1. The lowest BCUT2D eigenvalue weighted by atomic mass is 10.1. The van der Waals surface area contributed by atoms with Crippen LogP contribution < -0.4 is 10.2 Å². The molecule has 0 aromatic heterocycles. The fraction of sp³-hybridized carbons (Fsp3) is 0.567. The summed E-state index contributed by atoms with van der Waals surface area (Å²) in [6.45, 7) is 4.45. The summed E-state index contributed by atoms with van der Waals surface area (Å²) >= 11 is 0. The van der Waals surface area contributed by atoms with E-state index in [0.29, 0.717) is 23.9 Å². The first-order chi connectivity index (χ1) is 37.0. The van der Waals surface area contributed by atoms with Crippen molar-refractivity contribution in [3.63, 3.8) is 0 Å². The second-order valence-corrected chi connectivity index (χ2v) is 21.7. The highest BCUT2D eigenvalue weighted by Gasteiger charge is 2.23. The van der Waals surface area contributed by atoms with Gasteiger partial charge in [-0.15, -0.1) is 0 Å². The van der Waals surface area contributed by atoms with Crippen LogP contribution in [-0.4, -0.2) is 68.5 Å². The highest BCUT2D eigenvalue weighted by atomic mass is 31.2. The number of quaternary nitrogens is 1. The van der Waals surface area contributed by atoms with Gasteiger partial charge in [-0.3, -0.25) is 9.36 Å². The van der Waals surface area contributed by atoms with E-state index in [4.69, 9.17) is 9.05 Å². The minimum absolute atomic E-state index is 0.0210. The zero-order valence-electron chi connectivity index (χ0n) is 48.6. The Bertz CT molecular complexity index is 1840. The number of hydrogen-bond donors (Lipinski definition) is 2. The summed E-state index contributed by atoms with van der Waals surface area (Å²) in [4.78, 5) is 25.4. The van der Waals surface area contributed by atoms with Gasteiger partial charge in [0.2, 0.25) is 5.91 Å². The third-order valence-electron chi connectivity index (χ3n) is 11.9. The molecule has 0 saturated heterocycles. The Morgan fingerprint density at radius 3 is 1.22 bits per heavy atom. The molecule has 8 nitrogen and oxygen atoms in total. The van der Waals surface area contributed by atoms with E-state index in [1.165, 1.54) is 44.9 Å². The smallest absolute Gasteiger partial charge is 0.268 e. The fourth-order valence-corrected chi connectivity index (χ4v) is 8.05. The molecule has 428 valence electrons. The molecule has 0 aromatic rings. The van der Waals surface area contributed by atoms with E-state index in [1.807, 2.05) is 27.2 Å². The summed E-state index contributed by atoms with van der Waals surface area (Å²) < 4.78 is 23.2. The quantitative estimate of drug-likeness (QED) is 0.0272. The lowest BCUT2D eigenvalue weighted by Gasteiger charge is -2.29. The molecule has 76 heavy (non-hydrogen) atoms. The second kappa shape index (κ2) is 55.6. The lowest BCUT2D eigenvalue weighted by Crippen LogP contribution is -2.45. The van der Waals surface area contributed by atoms with Gasteiger partial charge in [-0.2, -0.15) is 0 Å². The molecule has 2 N–H and O–H groups in total. The predicted octanol–water partition coefficient (Wildman–Crippen LogP) is 17.8. The van der Waals surface area contributed by atoms with E-state index in [2.05, 4.69) is 177 Å². The van der Waals surface area contributed by atoms with Crippen molar-refractivity contribution in [3.8, 4) is 0 Å². The third kappa shape index (κ3) is 57.6. The largest absolute Gasteiger partial charge is 0.756 e. The monoisotopic (exact) mass is 1070 g/mol. The van der Waals surface area contributed by atoms with Gasteiger partial charge < -0.3 is 28.8 Å². The van der Waals surface area contributed by atoms with Crippen molar-refractivity contribution in [2.45, 2.75) is 206 Å². The number of carbonyl (C=O) groups is 1. The number of likely N-dealkylation sites (N-methyl/N-ethyl adjacent to an activating group) is 1. The lowest BCUT2D eigenvalue weighted by molar-refractivity contribution is -0.870. The minimum Gasteiger partial charge on any atom is -0.756 e. The molecule has 0 aromatic carbocycles. The number of rotatable bonds is 51. The molecule has 0 aliphatic carbocycles. The molecule has 9 heteroatoms. The molecule has 0 bridgehead atoms. The Hall–Kier alpha value is -4.14. The number of nitrogens with zero attached hydrogens (tertiary/aromatic N) is 1. The molecule has 0 aliphatic rings. The van der Waals surface area contributed by atoms with Gasteiger partial charge in [-0.1, -0.05) is 235 Å². The van der Waals surface area contributed by atoms with Crippen LogP contribution in [0.2, 0.25) is 0 Å². The molecule has 0 fully saturated rings. The number of carbonyl (C=O) groups excluding carboxylic acids is 1. The molecule has 0 saturated carbocycles. The number of aliphatic hydroxyl groups is 1. The number of phosphoric ester groups is 1. The topological polar surface area (TPSA) is 108 Å². The van der Waals surface area contributed by atoms with E-state index in [0.717, 1.165) is 122 Å². The van der Waals surface area contributed by atoms with Crippen LogP contribution in [0.4, 0.5) is 0 Å². The Balaban J connectivity index is 4.22. The van der Waals surface area contributed by atoms with Crippen molar-refractivity contribution >= 4 is 13.7 Å². The average Bonchev–Trinajstić information content (AvgIpc) is 3.38. The highest BCUT2D eigenvalue weighted by molar-refractivity contribution is 7.45. The van der Waals surface area contributed by atoms with Crippen LogP contribution >= 0.6 is 7.82 Å². The zero-order chi connectivity index (χ0) is 55.6. The molecule has 0 spiro atoms. The zero-order valence-corrected chi connectivity index (χ0v) is 49.5. The van der Waals surface area contributed by atoms with Crippen LogP contribution in [0.15, 0.2) is 170 Å². The van der Waals surface area contributed by atoms with Gasteiger partial charge in [0.25, 0.3) is 7.82 Å². The fourth-order valence-electron chi connectivity index (χ4n) is 7.32. The number of phosphoric acid groups is 1. The van der Waals surface area contributed by atoms with Crippen molar-refractivity contribution in [1.82, 2.24) is 5.32 Å². The van der Waals surface area contributed by atoms with Crippen molar-refractivity contribution in [1.29, 1.82) is 0 Å². The van der Waals surface area contributed by atoms with Gasteiger partial charge in [0.15, 0.2) is 0 Å². The first kappa shape index (κ1) is 71.9. The van der Waals surface area contributed by atoms with Crippen molar-refractivity contribution in [2.24, 2.45) is 0 Å². The van der Waals surface area contributed by atoms with E-state index in [9.17, 15) is 19.4 Å². The number of nitrogens with one attached hydrogen (secondary N) is 1. The molecule has 1 amide bonds. The molecule has 3 unspecified atom stereocenters. The summed E-state index contributed by atoms with van der Waals surface area (Å²) in [5.74, 6) is -0.241. The predicted molar refractivity (Wildman–Crippen MR) is 329 cm³/mol. The van der Waals surface area contributed by atoms with Gasteiger partial charge in [-0.05, 0) is 122 Å². The highest BCUT2D eigenvalue weighted by Crippen LogP contribution is 2.38. The van der Waals surface area contributed by atoms with E-state index < -0.39 is 26.6 Å². The van der Waals surface area contributed by atoms with E-state index in [1.54, 1.807) is 6.08 Å². The molecule has 0 heterocycles. The average molecular weight is 1070 g/mol. The van der Waals surface area contributed by atoms with Crippen molar-refractivity contribution < 1.29 is 32.9 Å². The maximum atomic E-state index is 12.9. The van der Waals surface area contributed by atoms with E-state index >= 15 is 0 Å². The number of amides is 1. The third-order valence-corrected chi connectivity index (χ3v) is 12.9. The number of allylic oxidation sites excluding steroid dienone is 27. The van der Waals surface area contributed by atoms with Crippen molar-refractivity contribution in [2.75, 3.05) is 40.9 Å². The van der Waals surface area contributed by atoms with E-state index in [-0.39, 0.29) is 12.5 Å². The first-order valence-electron chi connectivity index (χ1n) is 29.5. The second-order valence-electron chi connectivity index (χ2n) is 20.3.